The smallest absolute Gasteiger partial charge is 0.407 e. The quantitative estimate of drug-likeness (QED) is 0.609. The molecule has 0 saturated heterocycles. The van der Waals surface area contributed by atoms with Crippen molar-refractivity contribution in [1.29, 1.82) is 0 Å². The van der Waals surface area contributed by atoms with Crippen molar-refractivity contribution in [2.24, 2.45) is 5.73 Å². The van der Waals surface area contributed by atoms with Crippen LogP contribution in [0.5, 0.6) is 0 Å². The molecule has 126 valence electrons. The van der Waals surface area contributed by atoms with Crippen LogP contribution in [0.2, 0.25) is 0 Å². The van der Waals surface area contributed by atoms with Gasteiger partial charge in [-0.2, -0.15) is 0 Å². The standard InChI is InChI=1S/C14H31N3O4/c1-14(2,3)21-13(18)16-11-12(10-15)17(6-8-19-4)7-9-20-5/h12H,6-11,15H2,1-5H3,(H,16,18). The highest BCUT2D eigenvalue weighted by Crippen LogP contribution is 2.06. The summed E-state index contributed by atoms with van der Waals surface area (Å²) in [6.45, 7) is 9.03. The van der Waals surface area contributed by atoms with E-state index in [9.17, 15) is 4.79 Å². The number of nitrogens with two attached hydrogens (primary N) is 1. The highest BCUT2D eigenvalue weighted by atomic mass is 16.6. The SMILES string of the molecule is COCCN(CCOC)C(CN)CNC(=O)OC(C)(C)C. The Kier molecular flexibility index (Phi) is 10.3. The largest absolute Gasteiger partial charge is 0.444 e. The van der Waals surface area contributed by atoms with E-state index in [2.05, 4.69) is 10.2 Å². The second-order valence-electron chi connectivity index (χ2n) is 5.79. The summed E-state index contributed by atoms with van der Waals surface area (Å²) in [5, 5.41) is 2.76. The summed E-state index contributed by atoms with van der Waals surface area (Å²) in [6.07, 6.45) is -0.431. The lowest BCUT2D eigenvalue weighted by Gasteiger charge is -2.31. The maximum absolute atomic E-state index is 11.7. The molecule has 0 aliphatic rings. The summed E-state index contributed by atoms with van der Waals surface area (Å²) in [7, 11) is 3.32. The molecule has 7 nitrogen and oxygen atoms in total. The molecule has 3 N–H and O–H groups in total. The van der Waals surface area contributed by atoms with Crippen LogP contribution >= 0.6 is 0 Å². The van der Waals surface area contributed by atoms with E-state index in [0.717, 1.165) is 13.1 Å². The van der Waals surface area contributed by atoms with Gasteiger partial charge in [0.15, 0.2) is 0 Å². The van der Waals surface area contributed by atoms with E-state index in [-0.39, 0.29) is 6.04 Å². The van der Waals surface area contributed by atoms with E-state index in [1.165, 1.54) is 0 Å². The number of carbonyl (C=O) groups is 1. The van der Waals surface area contributed by atoms with Crippen molar-refractivity contribution < 1.29 is 19.0 Å². The maximum Gasteiger partial charge on any atom is 0.407 e. The molecule has 0 fully saturated rings. The summed E-state index contributed by atoms with van der Waals surface area (Å²) < 4.78 is 15.4. The summed E-state index contributed by atoms with van der Waals surface area (Å²) in [5.41, 5.74) is 5.31. The Bertz CT molecular complexity index is 274. The first-order chi connectivity index (χ1) is 9.84. The van der Waals surface area contributed by atoms with Gasteiger partial charge in [-0.25, -0.2) is 4.79 Å². The van der Waals surface area contributed by atoms with Crippen LogP contribution in [0.1, 0.15) is 20.8 Å². The lowest BCUT2D eigenvalue weighted by molar-refractivity contribution is 0.0488. The van der Waals surface area contributed by atoms with Gasteiger partial charge in [-0.05, 0) is 20.8 Å². The minimum absolute atomic E-state index is 0.0165. The number of carbonyl (C=O) groups excluding carboxylic acids is 1. The fourth-order valence-electron chi connectivity index (χ4n) is 1.77. The van der Waals surface area contributed by atoms with Crippen molar-refractivity contribution in [2.75, 3.05) is 53.6 Å². The number of hydrogen-bond donors (Lipinski definition) is 2. The number of hydrogen-bond acceptors (Lipinski definition) is 6. The van der Waals surface area contributed by atoms with E-state index in [4.69, 9.17) is 19.9 Å². The van der Waals surface area contributed by atoms with E-state index in [1.807, 2.05) is 20.8 Å². The van der Waals surface area contributed by atoms with Crippen molar-refractivity contribution >= 4 is 6.09 Å². The molecule has 1 unspecified atom stereocenters. The summed E-state index contributed by atoms with van der Waals surface area (Å²) >= 11 is 0. The van der Waals surface area contributed by atoms with Crippen LogP contribution in [0, 0.1) is 0 Å². The third-order valence-electron chi connectivity index (χ3n) is 2.83. The molecule has 1 amide bonds. The van der Waals surface area contributed by atoms with E-state index in [1.54, 1.807) is 14.2 Å². The Morgan fingerprint density at radius 2 is 1.71 bits per heavy atom. The molecule has 0 aromatic rings. The van der Waals surface area contributed by atoms with Crippen molar-refractivity contribution in [2.45, 2.75) is 32.4 Å². The number of nitrogens with one attached hydrogen (secondary N) is 1. The van der Waals surface area contributed by atoms with Crippen LogP contribution in [0.3, 0.4) is 0 Å². The van der Waals surface area contributed by atoms with Crippen molar-refractivity contribution in [3.8, 4) is 0 Å². The molecule has 0 aromatic carbocycles. The van der Waals surface area contributed by atoms with E-state index >= 15 is 0 Å². The Morgan fingerprint density at radius 3 is 2.10 bits per heavy atom. The fourth-order valence-corrected chi connectivity index (χ4v) is 1.77. The molecule has 0 radical (unpaired) electrons. The first-order valence-electron chi connectivity index (χ1n) is 7.23. The van der Waals surface area contributed by atoms with Crippen LogP contribution in [-0.2, 0) is 14.2 Å². The first kappa shape index (κ1) is 20.1. The zero-order valence-corrected chi connectivity index (χ0v) is 14.0. The van der Waals surface area contributed by atoms with Crippen LogP contribution in [-0.4, -0.2) is 76.2 Å². The number of ether oxygens (including phenoxy) is 3. The molecule has 0 heterocycles. The molecule has 0 aromatic heterocycles. The first-order valence-corrected chi connectivity index (χ1v) is 7.23. The van der Waals surface area contributed by atoms with Crippen LogP contribution in [0.15, 0.2) is 0 Å². The van der Waals surface area contributed by atoms with Gasteiger partial charge in [0, 0.05) is 46.4 Å². The summed E-state index contributed by atoms with van der Waals surface area (Å²) in [5.74, 6) is 0. The number of methoxy groups -OCH3 is 2. The zero-order valence-electron chi connectivity index (χ0n) is 14.0. The number of amides is 1. The second-order valence-corrected chi connectivity index (χ2v) is 5.79. The fraction of sp³-hybridized carbons (Fsp3) is 0.929. The molecule has 0 spiro atoms. The molecular formula is C14H31N3O4. The Balaban J connectivity index is 4.37. The van der Waals surface area contributed by atoms with Gasteiger partial charge in [0.25, 0.3) is 0 Å². The minimum Gasteiger partial charge on any atom is -0.444 e. The average Bonchev–Trinajstić information content (AvgIpc) is 2.39. The van der Waals surface area contributed by atoms with Crippen molar-refractivity contribution in [1.82, 2.24) is 10.2 Å². The van der Waals surface area contributed by atoms with Crippen LogP contribution in [0.4, 0.5) is 4.79 Å². The van der Waals surface area contributed by atoms with Gasteiger partial charge in [0.2, 0.25) is 0 Å². The molecule has 0 bridgehead atoms. The van der Waals surface area contributed by atoms with E-state index < -0.39 is 11.7 Å². The summed E-state index contributed by atoms with van der Waals surface area (Å²) in [4.78, 5) is 13.8. The van der Waals surface area contributed by atoms with Crippen LogP contribution in [0.25, 0.3) is 0 Å². The van der Waals surface area contributed by atoms with Gasteiger partial charge in [0.05, 0.1) is 13.2 Å². The van der Waals surface area contributed by atoms with Gasteiger partial charge in [-0.1, -0.05) is 0 Å². The van der Waals surface area contributed by atoms with Crippen LogP contribution < -0.4 is 11.1 Å². The summed E-state index contributed by atoms with van der Waals surface area (Å²) in [6, 6.07) is 0.0165. The van der Waals surface area contributed by atoms with E-state index in [0.29, 0.717) is 26.3 Å². The zero-order chi connectivity index (χ0) is 16.3. The number of alkyl carbamates (subject to hydrolysis) is 1. The third-order valence-corrected chi connectivity index (χ3v) is 2.83. The molecule has 7 heteroatoms. The molecule has 0 saturated carbocycles. The topological polar surface area (TPSA) is 86.0 Å². The lowest BCUT2D eigenvalue weighted by Crippen LogP contribution is -2.50. The third kappa shape index (κ3) is 10.5. The molecule has 21 heavy (non-hydrogen) atoms. The number of rotatable bonds is 10. The molecule has 0 rings (SSSR count). The van der Waals surface area contributed by atoms with Gasteiger partial charge >= 0.3 is 6.09 Å². The second kappa shape index (κ2) is 10.8. The van der Waals surface area contributed by atoms with Gasteiger partial charge in [-0.3, -0.25) is 4.90 Å². The molecule has 1 atom stereocenters. The van der Waals surface area contributed by atoms with Gasteiger partial charge in [-0.15, -0.1) is 0 Å². The highest BCUT2D eigenvalue weighted by Gasteiger charge is 2.20. The average molecular weight is 305 g/mol. The highest BCUT2D eigenvalue weighted by molar-refractivity contribution is 5.67. The van der Waals surface area contributed by atoms with Crippen molar-refractivity contribution in [3.05, 3.63) is 0 Å². The van der Waals surface area contributed by atoms with Crippen molar-refractivity contribution in [3.63, 3.8) is 0 Å². The Labute approximate surface area is 128 Å². The Morgan fingerprint density at radius 1 is 1.19 bits per heavy atom. The predicted octanol–water partition coefficient (Wildman–Crippen LogP) is 0.433. The molecular weight excluding hydrogens is 274 g/mol. The molecule has 0 aliphatic heterocycles. The minimum atomic E-state index is -0.506. The monoisotopic (exact) mass is 305 g/mol. The predicted molar refractivity (Wildman–Crippen MR) is 82.4 cm³/mol. The molecule has 0 aliphatic carbocycles. The Hall–Kier alpha value is -0.890. The number of nitrogens with zero attached hydrogens (tertiary/aromatic N) is 1. The van der Waals surface area contributed by atoms with Gasteiger partial charge in [0.1, 0.15) is 5.60 Å². The maximum atomic E-state index is 11.7. The lowest BCUT2D eigenvalue weighted by atomic mass is 10.2. The van der Waals surface area contributed by atoms with Gasteiger partial charge < -0.3 is 25.3 Å². The normalized spacial score (nSPS) is 13.3.